The molecule has 1 N–H and O–H groups in total. The Bertz CT molecular complexity index is 1410. The lowest BCUT2D eigenvalue weighted by Gasteiger charge is -2.16. The highest BCUT2D eigenvalue weighted by atomic mass is 35.5. The van der Waals surface area contributed by atoms with Crippen LogP contribution in [0.1, 0.15) is 42.1 Å². The average molecular weight is 494 g/mol. The van der Waals surface area contributed by atoms with Crippen molar-refractivity contribution in [2.75, 3.05) is 0 Å². The van der Waals surface area contributed by atoms with Gasteiger partial charge in [-0.15, -0.1) is 0 Å². The maximum Gasteiger partial charge on any atom is 0.171 e. The van der Waals surface area contributed by atoms with E-state index in [0.29, 0.717) is 28.7 Å². The van der Waals surface area contributed by atoms with Crippen molar-refractivity contribution in [1.29, 1.82) is 0 Å². The van der Waals surface area contributed by atoms with Crippen molar-refractivity contribution in [2.45, 2.75) is 46.8 Å². The van der Waals surface area contributed by atoms with Crippen molar-refractivity contribution in [3.05, 3.63) is 82.0 Å². The van der Waals surface area contributed by atoms with E-state index in [2.05, 4.69) is 24.9 Å². The van der Waals surface area contributed by atoms with E-state index in [1.54, 1.807) is 51.5 Å². The summed E-state index contributed by atoms with van der Waals surface area (Å²) in [5.41, 5.74) is 4.15. The minimum Gasteiger partial charge on any atom is -0.484 e. The molecule has 35 heavy (non-hydrogen) atoms. The topological polar surface area (TPSA) is 93.9 Å². The van der Waals surface area contributed by atoms with Crippen LogP contribution in [0, 0.1) is 26.6 Å². The summed E-state index contributed by atoms with van der Waals surface area (Å²) in [5.74, 6) is 0.212. The average Bonchev–Trinajstić information content (AvgIpc) is 2.80. The van der Waals surface area contributed by atoms with Crippen LogP contribution in [0.2, 0.25) is 5.15 Å². The summed E-state index contributed by atoms with van der Waals surface area (Å²) < 4.78 is 19.8. The van der Waals surface area contributed by atoms with E-state index in [9.17, 15) is 9.50 Å². The standard InChI is InChI=1S/C26H25ClFN5O2/c1-14-8-18(28)21(30-11-14)13-35-22-9-15(2)23(33-24(22)27)17-10-20(31-12-16(17)3)19-6-7-29-25(32-19)26(4,5)34/h6-12,34H,13H2,1-5H3. The zero-order valence-corrected chi connectivity index (χ0v) is 20.9. The van der Waals surface area contributed by atoms with E-state index in [1.165, 1.54) is 6.07 Å². The molecule has 7 nitrogen and oxygen atoms in total. The second-order valence-electron chi connectivity index (χ2n) is 8.88. The molecule has 0 spiro atoms. The maximum absolute atomic E-state index is 14.1. The van der Waals surface area contributed by atoms with Crippen LogP contribution in [0.4, 0.5) is 4.39 Å². The highest BCUT2D eigenvalue weighted by molar-refractivity contribution is 6.31. The van der Waals surface area contributed by atoms with Gasteiger partial charge in [-0.25, -0.2) is 19.3 Å². The Balaban J connectivity index is 1.66. The largest absolute Gasteiger partial charge is 0.484 e. The Kier molecular flexibility index (Phi) is 6.78. The number of aliphatic hydroxyl groups is 1. The Labute approximate surface area is 208 Å². The molecule has 180 valence electrons. The van der Waals surface area contributed by atoms with Crippen LogP contribution in [0.5, 0.6) is 5.75 Å². The van der Waals surface area contributed by atoms with E-state index in [1.807, 2.05) is 19.9 Å². The van der Waals surface area contributed by atoms with Gasteiger partial charge in [-0.05, 0) is 75.6 Å². The highest BCUT2D eigenvalue weighted by Gasteiger charge is 2.21. The van der Waals surface area contributed by atoms with Crippen LogP contribution in [-0.4, -0.2) is 30.0 Å². The summed E-state index contributed by atoms with van der Waals surface area (Å²) in [7, 11) is 0. The summed E-state index contributed by atoms with van der Waals surface area (Å²) >= 11 is 6.45. The fourth-order valence-electron chi connectivity index (χ4n) is 3.47. The number of nitrogens with zero attached hydrogens (tertiary/aromatic N) is 5. The number of rotatable bonds is 6. The molecular weight excluding hydrogens is 469 g/mol. The molecule has 0 aliphatic rings. The molecule has 4 aromatic rings. The second-order valence-corrected chi connectivity index (χ2v) is 9.24. The molecule has 9 heteroatoms. The third kappa shape index (κ3) is 5.44. The Morgan fingerprint density at radius 2 is 1.74 bits per heavy atom. The van der Waals surface area contributed by atoms with Crippen molar-refractivity contribution in [3.8, 4) is 28.4 Å². The monoisotopic (exact) mass is 493 g/mol. The molecule has 0 atom stereocenters. The summed E-state index contributed by atoms with van der Waals surface area (Å²) in [6, 6.07) is 6.79. The fourth-order valence-corrected chi connectivity index (χ4v) is 3.66. The summed E-state index contributed by atoms with van der Waals surface area (Å²) in [4.78, 5) is 21.8. The third-order valence-electron chi connectivity index (χ3n) is 5.38. The van der Waals surface area contributed by atoms with Crippen LogP contribution < -0.4 is 4.74 Å². The summed E-state index contributed by atoms with van der Waals surface area (Å²) in [6.07, 6.45) is 4.92. The van der Waals surface area contributed by atoms with E-state index in [4.69, 9.17) is 16.3 Å². The Morgan fingerprint density at radius 3 is 2.46 bits per heavy atom. The van der Waals surface area contributed by atoms with Crippen LogP contribution in [0.3, 0.4) is 0 Å². The fraction of sp³-hybridized carbons (Fsp3) is 0.269. The van der Waals surface area contributed by atoms with E-state index in [-0.39, 0.29) is 17.5 Å². The van der Waals surface area contributed by atoms with Gasteiger partial charge in [-0.1, -0.05) is 11.6 Å². The van der Waals surface area contributed by atoms with Crippen molar-refractivity contribution < 1.29 is 14.2 Å². The number of aromatic nitrogens is 5. The van der Waals surface area contributed by atoms with Gasteiger partial charge in [0, 0.05) is 24.2 Å². The minimum absolute atomic E-state index is 0.0675. The van der Waals surface area contributed by atoms with Gasteiger partial charge < -0.3 is 9.84 Å². The zero-order chi connectivity index (χ0) is 25.3. The molecule has 0 amide bonds. The molecule has 0 fully saturated rings. The summed E-state index contributed by atoms with van der Waals surface area (Å²) in [6.45, 7) is 8.78. The lowest BCUT2D eigenvalue weighted by molar-refractivity contribution is 0.0688. The molecule has 4 heterocycles. The molecule has 0 saturated heterocycles. The predicted molar refractivity (Wildman–Crippen MR) is 131 cm³/mol. The number of halogens is 2. The van der Waals surface area contributed by atoms with Gasteiger partial charge in [0.15, 0.2) is 16.7 Å². The maximum atomic E-state index is 14.1. The summed E-state index contributed by atoms with van der Waals surface area (Å²) in [5, 5.41) is 10.4. The van der Waals surface area contributed by atoms with Crippen LogP contribution in [-0.2, 0) is 12.2 Å². The molecule has 4 aromatic heterocycles. The van der Waals surface area contributed by atoms with Gasteiger partial charge in [0.2, 0.25) is 0 Å². The van der Waals surface area contributed by atoms with E-state index in [0.717, 1.165) is 22.3 Å². The Hall–Kier alpha value is -3.49. The SMILES string of the molecule is Cc1cnc(COc2cc(C)c(-c3cc(-c4ccnc(C(C)(C)O)n4)ncc3C)nc2Cl)c(F)c1. The van der Waals surface area contributed by atoms with Gasteiger partial charge in [0.05, 0.1) is 17.1 Å². The molecule has 4 rings (SSSR count). The van der Waals surface area contributed by atoms with Gasteiger partial charge in [0.25, 0.3) is 0 Å². The molecule has 0 aromatic carbocycles. The van der Waals surface area contributed by atoms with Gasteiger partial charge in [-0.3, -0.25) is 9.97 Å². The van der Waals surface area contributed by atoms with Gasteiger partial charge in [0.1, 0.15) is 23.7 Å². The van der Waals surface area contributed by atoms with Crippen molar-refractivity contribution in [3.63, 3.8) is 0 Å². The first-order chi connectivity index (χ1) is 16.5. The molecule has 0 unspecified atom stereocenters. The molecule has 0 aliphatic heterocycles. The van der Waals surface area contributed by atoms with Crippen LogP contribution in [0.25, 0.3) is 22.6 Å². The van der Waals surface area contributed by atoms with Gasteiger partial charge in [-0.2, -0.15) is 0 Å². The Morgan fingerprint density at radius 1 is 0.971 bits per heavy atom. The first kappa shape index (κ1) is 24.6. The molecule has 0 aliphatic carbocycles. The number of hydrogen-bond acceptors (Lipinski definition) is 7. The first-order valence-electron chi connectivity index (χ1n) is 11.0. The minimum atomic E-state index is -1.18. The van der Waals surface area contributed by atoms with Crippen molar-refractivity contribution >= 4 is 11.6 Å². The molecule has 0 radical (unpaired) electrons. The van der Waals surface area contributed by atoms with Crippen molar-refractivity contribution in [1.82, 2.24) is 24.9 Å². The van der Waals surface area contributed by atoms with E-state index < -0.39 is 11.4 Å². The smallest absolute Gasteiger partial charge is 0.171 e. The number of pyridine rings is 3. The van der Waals surface area contributed by atoms with Crippen LogP contribution in [0.15, 0.2) is 42.9 Å². The van der Waals surface area contributed by atoms with Crippen LogP contribution >= 0.6 is 11.6 Å². The zero-order valence-electron chi connectivity index (χ0n) is 20.1. The predicted octanol–water partition coefficient (Wildman–Crippen LogP) is 5.52. The molecular formula is C26H25ClFN5O2. The lowest BCUT2D eigenvalue weighted by Crippen LogP contribution is -2.19. The van der Waals surface area contributed by atoms with Crippen molar-refractivity contribution in [2.24, 2.45) is 0 Å². The molecule has 0 saturated carbocycles. The molecule has 0 bridgehead atoms. The van der Waals surface area contributed by atoms with Gasteiger partial charge >= 0.3 is 0 Å². The number of aryl methyl sites for hydroxylation is 3. The number of hydrogen-bond donors (Lipinski definition) is 1. The van der Waals surface area contributed by atoms with E-state index >= 15 is 0 Å². The number of ether oxygens (including phenoxy) is 1. The quantitative estimate of drug-likeness (QED) is 0.353. The lowest BCUT2D eigenvalue weighted by atomic mass is 10.0. The highest BCUT2D eigenvalue weighted by Crippen LogP contribution is 2.34. The normalized spacial score (nSPS) is 11.5. The third-order valence-corrected chi connectivity index (χ3v) is 5.65. The first-order valence-corrected chi connectivity index (χ1v) is 11.3. The second kappa shape index (κ2) is 9.64.